The molecule has 0 bridgehead atoms. The molecular weight excluding hydrogens is 182 g/mol. The monoisotopic (exact) mass is 189 g/mol. The van der Waals surface area contributed by atoms with Crippen molar-refractivity contribution in [2.24, 2.45) is 0 Å². The number of halogens is 1. The Kier molecular flexibility index (Phi) is 2.93. The Hall–Kier alpha value is -1.23. The minimum Gasteiger partial charge on any atom is -0.349 e. The van der Waals surface area contributed by atoms with Gasteiger partial charge in [0, 0.05) is 6.20 Å². The summed E-state index contributed by atoms with van der Waals surface area (Å²) in [5, 5.41) is 2.50. The van der Waals surface area contributed by atoms with Crippen LogP contribution in [0, 0.1) is 0 Å². The van der Waals surface area contributed by atoms with E-state index >= 15 is 0 Å². The first-order chi connectivity index (χ1) is 5.72. The van der Waals surface area contributed by atoms with Crippen LogP contribution in [0.25, 0.3) is 0 Å². The highest BCUT2D eigenvalue weighted by Crippen LogP contribution is 1.86. The minimum atomic E-state index is -0.287. The molecule has 1 aromatic heterocycles. The lowest BCUT2D eigenvalue weighted by molar-refractivity contribution is -0.118. The number of nitrogens with one attached hydrogen (secondary N) is 3. The van der Waals surface area contributed by atoms with Crippen LogP contribution >= 0.6 is 11.6 Å². The summed E-state index contributed by atoms with van der Waals surface area (Å²) >= 11 is 5.23. The summed E-state index contributed by atoms with van der Waals surface area (Å²) in [5.41, 5.74) is 0.337. The minimum absolute atomic E-state index is 0.0747. The number of hydrogen-bond donors (Lipinski definition) is 3. The fraction of sp³-hybridized carbons (Fsp3) is 0.333. The highest BCUT2D eigenvalue weighted by molar-refractivity contribution is 6.27. The molecule has 0 aliphatic carbocycles. The molecule has 66 valence electrons. The van der Waals surface area contributed by atoms with Gasteiger partial charge < -0.3 is 15.3 Å². The standard InChI is InChI=1S/C6H8ClN3O2/c7-1-5(11)8-2-4-3-9-6(12)10-4/h3H,1-2H2,(H,8,11)(H2,9,10,12). The van der Waals surface area contributed by atoms with Crippen LogP contribution in [0.5, 0.6) is 0 Å². The summed E-state index contributed by atoms with van der Waals surface area (Å²) in [4.78, 5) is 26.1. The number of carbonyl (C=O) groups excluding carboxylic acids is 1. The summed E-state index contributed by atoms with van der Waals surface area (Å²) < 4.78 is 0. The summed E-state index contributed by atoms with van der Waals surface area (Å²) in [6.45, 7) is 0.282. The second kappa shape index (κ2) is 3.96. The molecule has 3 N–H and O–H groups in total. The second-order valence-electron chi connectivity index (χ2n) is 2.18. The molecule has 1 amide bonds. The Bertz CT molecular complexity index is 317. The van der Waals surface area contributed by atoms with Crippen LogP contribution in [0.1, 0.15) is 5.69 Å². The van der Waals surface area contributed by atoms with Gasteiger partial charge >= 0.3 is 5.69 Å². The van der Waals surface area contributed by atoms with Gasteiger partial charge in [-0.15, -0.1) is 11.6 Å². The quantitative estimate of drug-likeness (QED) is 0.564. The van der Waals surface area contributed by atoms with Crippen molar-refractivity contribution in [2.75, 3.05) is 5.88 Å². The molecule has 0 aliphatic rings. The highest BCUT2D eigenvalue weighted by Gasteiger charge is 1.99. The number of aromatic nitrogens is 2. The van der Waals surface area contributed by atoms with Crippen molar-refractivity contribution >= 4 is 17.5 Å². The van der Waals surface area contributed by atoms with Gasteiger partial charge in [-0.3, -0.25) is 4.79 Å². The molecule has 0 aliphatic heterocycles. The predicted octanol–water partition coefficient (Wildman–Crippen LogP) is -0.442. The molecule has 0 unspecified atom stereocenters. The number of amides is 1. The van der Waals surface area contributed by atoms with Gasteiger partial charge in [0.2, 0.25) is 5.91 Å². The third-order valence-corrected chi connectivity index (χ3v) is 1.49. The van der Waals surface area contributed by atoms with Crippen LogP contribution in [0.3, 0.4) is 0 Å². The third-order valence-electron chi connectivity index (χ3n) is 1.25. The van der Waals surface area contributed by atoms with Crippen molar-refractivity contribution in [3.05, 3.63) is 22.4 Å². The van der Waals surface area contributed by atoms with E-state index in [2.05, 4.69) is 15.3 Å². The maximum atomic E-state index is 10.6. The topological polar surface area (TPSA) is 77.8 Å². The molecule has 0 saturated heterocycles. The molecule has 12 heavy (non-hydrogen) atoms. The number of aromatic amines is 2. The van der Waals surface area contributed by atoms with Crippen LogP contribution in [-0.4, -0.2) is 21.8 Å². The van der Waals surface area contributed by atoms with Crippen molar-refractivity contribution in [1.82, 2.24) is 15.3 Å². The van der Waals surface area contributed by atoms with Gasteiger partial charge in [-0.05, 0) is 0 Å². The lowest BCUT2D eigenvalue weighted by atomic mass is 10.5. The van der Waals surface area contributed by atoms with E-state index in [9.17, 15) is 9.59 Å². The average molecular weight is 190 g/mol. The van der Waals surface area contributed by atoms with E-state index < -0.39 is 0 Å². The van der Waals surface area contributed by atoms with E-state index in [-0.39, 0.29) is 24.0 Å². The average Bonchev–Trinajstić information content (AvgIpc) is 2.47. The van der Waals surface area contributed by atoms with E-state index in [0.717, 1.165) is 0 Å². The van der Waals surface area contributed by atoms with Crippen molar-refractivity contribution in [1.29, 1.82) is 0 Å². The van der Waals surface area contributed by atoms with Crippen molar-refractivity contribution in [3.8, 4) is 0 Å². The number of imidazole rings is 1. The fourth-order valence-electron chi connectivity index (χ4n) is 0.707. The molecule has 1 heterocycles. The third kappa shape index (κ3) is 2.43. The molecule has 6 heteroatoms. The molecular formula is C6H8ClN3O2. The Labute approximate surface area is 73.1 Å². The summed E-state index contributed by atoms with van der Waals surface area (Å²) in [6, 6.07) is 0. The molecule has 0 fully saturated rings. The molecule has 1 aromatic rings. The van der Waals surface area contributed by atoms with Gasteiger partial charge in [0.15, 0.2) is 0 Å². The van der Waals surface area contributed by atoms with Crippen LogP contribution < -0.4 is 11.0 Å². The Morgan fingerprint density at radius 2 is 2.42 bits per heavy atom. The van der Waals surface area contributed by atoms with Crippen molar-refractivity contribution in [3.63, 3.8) is 0 Å². The zero-order valence-corrected chi connectivity index (χ0v) is 6.94. The SMILES string of the molecule is O=C(CCl)NCc1c[nH]c(=O)[nH]1. The van der Waals surface area contributed by atoms with Gasteiger partial charge in [-0.1, -0.05) is 0 Å². The first kappa shape index (κ1) is 8.86. The summed E-state index contributed by atoms with van der Waals surface area (Å²) in [7, 11) is 0. The summed E-state index contributed by atoms with van der Waals surface area (Å²) in [5.74, 6) is -0.340. The van der Waals surface area contributed by atoms with E-state index in [1.54, 1.807) is 0 Å². The van der Waals surface area contributed by atoms with Gasteiger partial charge in [-0.25, -0.2) is 4.79 Å². The molecule has 0 aromatic carbocycles. The molecule has 0 atom stereocenters. The number of rotatable bonds is 3. The van der Waals surface area contributed by atoms with Crippen LogP contribution in [0.15, 0.2) is 11.0 Å². The zero-order chi connectivity index (χ0) is 8.97. The fourth-order valence-corrected chi connectivity index (χ4v) is 0.801. The van der Waals surface area contributed by atoms with Gasteiger partial charge in [0.05, 0.1) is 12.2 Å². The lowest BCUT2D eigenvalue weighted by Gasteiger charge is -1.98. The Morgan fingerprint density at radius 3 is 2.92 bits per heavy atom. The van der Waals surface area contributed by atoms with Gasteiger partial charge in [-0.2, -0.15) is 0 Å². The van der Waals surface area contributed by atoms with Gasteiger partial charge in [0.1, 0.15) is 5.88 Å². The molecule has 0 spiro atoms. The maximum Gasteiger partial charge on any atom is 0.323 e. The van der Waals surface area contributed by atoms with E-state index in [1.807, 2.05) is 0 Å². The predicted molar refractivity (Wildman–Crippen MR) is 44.0 cm³/mol. The summed E-state index contributed by atoms with van der Waals surface area (Å²) in [6.07, 6.45) is 1.50. The number of hydrogen-bond acceptors (Lipinski definition) is 2. The number of alkyl halides is 1. The Balaban J connectivity index is 2.43. The highest BCUT2D eigenvalue weighted by atomic mass is 35.5. The Morgan fingerprint density at radius 1 is 1.67 bits per heavy atom. The van der Waals surface area contributed by atoms with E-state index in [1.165, 1.54) is 6.20 Å². The van der Waals surface area contributed by atoms with Crippen molar-refractivity contribution < 1.29 is 4.79 Å². The van der Waals surface area contributed by atoms with Crippen LogP contribution in [-0.2, 0) is 11.3 Å². The lowest BCUT2D eigenvalue weighted by Crippen LogP contribution is -2.24. The first-order valence-electron chi connectivity index (χ1n) is 3.31. The molecule has 1 rings (SSSR count). The molecule has 0 radical (unpaired) electrons. The number of carbonyl (C=O) groups is 1. The van der Waals surface area contributed by atoms with Gasteiger partial charge in [0.25, 0.3) is 0 Å². The van der Waals surface area contributed by atoms with Crippen molar-refractivity contribution in [2.45, 2.75) is 6.54 Å². The molecule has 0 saturated carbocycles. The smallest absolute Gasteiger partial charge is 0.323 e. The zero-order valence-electron chi connectivity index (χ0n) is 6.19. The van der Waals surface area contributed by atoms with E-state index in [0.29, 0.717) is 5.69 Å². The molecule has 5 nitrogen and oxygen atoms in total. The maximum absolute atomic E-state index is 10.6. The second-order valence-corrected chi connectivity index (χ2v) is 2.45. The largest absolute Gasteiger partial charge is 0.349 e. The van der Waals surface area contributed by atoms with E-state index in [4.69, 9.17) is 11.6 Å². The van der Waals surface area contributed by atoms with Crippen LogP contribution in [0.2, 0.25) is 0 Å². The first-order valence-corrected chi connectivity index (χ1v) is 3.85. The normalized spacial score (nSPS) is 9.75. The van der Waals surface area contributed by atoms with Crippen LogP contribution in [0.4, 0.5) is 0 Å². The number of H-pyrrole nitrogens is 2.